The molecule has 0 fully saturated rings. The number of carbonyl (C=O) groups excluding carboxylic acids is 2. The Morgan fingerprint density at radius 1 is 1.38 bits per heavy atom. The van der Waals surface area contributed by atoms with Crippen LogP contribution in [0.2, 0.25) is 0 Å². The molecule has 1 atom stereocenters. The molecule has 0 aromatic heterocycles. The maximum Gasteiger partial charge on any atom is 0.335 e. The topological polar surface area (TPSA) is 82.6 Å². The molecule has 1 aliphatic heterocycles. The number of carbonyl (C=O) groups is 2. The van der Waals surface area contributed by atoms with Crippen molar-refractivity contribution in [2.24, 2.45) is 5.10 Å². The molecule has 0 bridgehead atoms. The maximum absolute atomic E-state index is 11.6. The molecule has 0 aliphatic carbocycles. The molecule has 112 valence electrons. The summed E-state index contributed by atoms with van der Waals surface area (Å²) in [6.45, 7) is 1.86. The zero-order chi connectivity index (χ0) is 15.2. The fourth-order valence-corrected chi connectivity index (χ4v) is 2.13. The van der Waals surface area contributed by atoms with E-state index in [2.05, 4.69) is 21.2 Å². The van der Waals surface area contributed by atoms with Crippen LogP contribution in [0.15, 0.2) is 29.4 Å². The summed E-state index contributed by atoms with van der Waals surface area (Å²) in [7, 11) is 0. The van der Waals surface area contributed by atoms with Gasteiger partial charge in [-0.25, -0.2) is 10.2 Å². The molecule has 0 spiro atoms. The molecule has 1 unspecified atom stereocenters. The predicted octanol–water partition coefficient (Wildman–Crippen LogP) is 2.05. The number of anilines is 1. The molecule has 1 aliphatic rings. The van der Waals surface area contributed by atoms with Gasteiger partial charge in [0.15, 0.2) is 0 Å². The summed E-state index contributed by atoms with van der Waals surface area (Å²) in [4.78, 5) is 22.7. The van der Waals surface area contributed by atoms with Gasteiger partial charge in [0.25, 0.3) is 0 Å². The number of benzene rings is 1. The van der Waals surface area contributed by atoms with Crippen LogP contribution in [-0.4, -0.2) is 29.6 Å². The molecule has 0 radical (unpaired) electrons. The molecule has 21 heavy (non-hydrogen) atoms. The molecule has 1 aromatic rings. The van der Waals surface area contributed by atoms with Crippen LogP contribution in [0.4, 0.5) is 10.5 Å². The third kappa shape index (κ3) is 4.19. The Bertz CT molecular complexity index is 557. The summed E-state index contributed by atoms with van der Waals surface area (Å²) in [5.41, 5.74) is 4.74. The van der Waals surface area contributed by atoms with Crippen molar-refractivity contribution in [3.8, 4) is 0 Å². The lowest BCUT2D eigenvalue weighted by molar-refractivity contribution is -0.116. The van der Waals surface area contributed by atoms with E-state index in [0.717, 1.165) is 17.0 Å². The van der Waals surface area contributed by atoms with Crippen molar-refractivity contribution in [3.63, 3.8) is 0 Å². The number of hydrogen-bond donors (Lipinski definition) is 3. The van der Waals surface area contributed by atoms with Gasteiger partial charge in [0.05, 0.1) is 11.8 Å². The fraction of sp³-hybridized carbons (Fsp3) is 0.357. The third-order valence-electron chi connectivity index (χ3n) is 3.04. The van der Waals surface area contributed by atoms with Gasteiger partial charge in [-0.15, -0.1) is 11.6 Å². The van der Waals surface area contributed by atoms with Crippen molar-refractivity contribution in [1.29, 1.82) is 0 Å². The molecule has 3 amide bonds. The molecular formula is C14H17ClN4O2. The second kappa shape index (κ2) is 7.08. The van der Waals surface area contributed by atoms with Gasteiger partial charge in [-0.2, -0.15) is 5.10 Å². The highest BCUT2D eigenvalue weighted by Crippen LogP contribution is 2.13. The smallest absolute Gasteiger partial charge is 0.328 e. The first-order valence-electron chi connectivity index (χ1n) is 6.70. The van der Waals surface area contributed by atoms with E-state index in [0.29, 0.717) is 18.7 Å². The first-order valence-corrected chi connectivity index (χ1v) is 7.24. The van der Waals surface area contributed by atoms with E-state index in [1.165, 1.54) is 0 Å². The maximum atomic E-state index is 11.6. The van der Waals surface area contributed by atoms with Crippen LogP contribution in [0.1, 0.15) is 25.3 Å². The van der Waals surface area contributed by atoms with Crippen LogP contribution >= 0.6 is 11.6 Å². The Balaban J connectivity index is 2.02. The Morgan fingerprint density at radius 2 is 2.10 bits per heavy atom. The predicted molar refractivity (Wildman–Crippen MR) is 82.7 cm³/mol. The van der Waals surface area contributed by atoms with Crippen LogP contribution in [-0.2, 0) is 4.79 Å². The molecule has 7 heteroatoms. The molecule has 0 saturated heterocycles. The lowest BCUT2D eigenvalue weighted by Crippen LogP contribution is -2.48. The van der Waals surface area contributed by atoms with E-state index in [9.17, 15) is 9.59 Å². The summed E-state index contributed by atoms with van der Waals surface area (Å²) in [5.74, 6) is 0.420. The number of urea groups is 1. The Labute approximate surface area is 127 Å². The van der Waals surface area contributed by atoms with Crippen molar-refractivity contribution in [2.45, 2.75) is 25.8 Å². The molecule has 0 saturated carbocycles. The van der Waals surface area contributed by atoms with Crippen LogP contribution in [0, 0.1) is 0 Å². The summed E-state index contributed by atoms with van der Waals surface area (Å²) in [6.07, 6.45) is 1.07. The van der Waals surface area contributed by atoms with E-state index in [-0.39, 0.29) is 18.0 Å². The number of rotatable bonds is 5. The van der Waals surface area contributed by atoms with E-state index in [1.807, 2.05) is 19.1 Å². The van der Waals surface area contributed by atoms with Crippen molar-refractivity contribution >= 4 is 34.9 Å². The minimum atomic E-state index is -0.311. The van der Waals surface area contributed by atoms with Gasteiger partial charge in [-0.1, -0.05) is 12.1 Å². The van der Waals surface area contributed by atoms with Crippen LogP contribution in [0.25, 0.3) is 0 Å². The number of alkyl halides is 1. The second-order valence-corrected chi connectivity index (χ2v) is 5.10. The zero-order valence-electron chi connectivity index (χ0n) is 11.6. The quantitative estimate of drug-likeness (QED) is 0.728. The fourth-order valence-electron chi connectivity index (χ4n) is 1.99. The highest BCUT2D eigenvalue weighted by molar-refractivity contribution is 6.18. The SMILES string of the molecule is CC1NC(=O)NN=C1c1ccc(NC(=O)CCCCl)cc1. The number of halogens is 1. The Morgan fingerprint density at radius 3 is 2.71 bits per heavy atom. The van der Waals surface area contributed by atoms with E-state index in [1.54, 1.807) is 12.1 Å². The van der Waals surface area contributed by atoms with Crippen LogP contribution in [0.3, 0.4) is 0 Å². The second-order valence-electron chi connectivity index (χ2n) is 4.72. The summed E-state index contributed by atoms with van der Waals surface area (Å²) in [5, 5.41) is 9.58. The average Bonchev–Trinajstić information content (AvgIpc) is 2.46. The number of nitrogens with zero attached hydrogens (tertiary/aromatic N) is 1. The highest BCUT2D eigenvalue weighted by atomic mass is 35.5. The van der Waals surface area contributed by atoms with Crippen molar-refractivity contribution in [3.05, 3.63) is 29.8 Å². The first kappa shape index (κ1) is 15.3. The van der Waals surface area contributed by atoms with Gasteiger partial charge < -0.3 is 10.6 Å². The zero-order valence-corrected chi connectivity index (χ0v) is 12.4. The number of amides is 3. The van der Waals surface area contributed by atoms with E-state index < -0.39 is 0 Å². The molecule has 6 nitrogen and oxygen atoms in total. The van der Waals surface area contributed by atoms with Crippen molar-refractivity contribution in [1.82, 2.24) is 10.7 Å². The first-order chi connectivity index (χ1) is 10.1. The number of hydrogen-bond acceptors (Lipinski definition) is 3. The van der Waals surface area contributed by atoms with Crippen molar-refractivity contribution in [2.75, 3.05) is 11.2 Å². The number of hydrazone groups is 1. The normalized spacial score (nSPS) is 17.5. The Kier molecular flexibility index (Phi) is 5.16. The highest BCUT2D eigenvalue weighted by Gasteiger charge is 2.20. The van der Waals surface area contributed by atoms with Gasteiger partial charge in [0.2, 0.25) is 5.91 Å². The summed E-state index contributed by atoms with van der Waals surface area (Å²) < 4.78 is 0. The largest absolute Gasteiger partial charge is 0.335 e. The lowest BCUT2D eigenvalue weighted by atomic mass is 10.0. The molecule has 1 heterocycles. The summed E-state index contributed by atoms with van der Waals surface area (Å²) >= 11 is 5.55. The average molecular weight is 309 g/mol. The van der Waals surface area contributed by atoms with Crippen molar-refractivity contribution < 1.29 is 9.59 Å². The molecule has 3 N–H and O–H groups in total. The van der Waals surface area contributed by atoms with Gasteiger partial charge in [0.1, 0.15) is 0 Å². The molecule has 1 aromatic carbocycles. The standard InChI is InChI=1S/C14H17ClN4O2/c1-9-13(18-19-14(21)16-9)10-4-6-11(7-5-10)17-12(20)3-2-8-15/h4-7,9H,2-3,8H2,1H3,(H,17,20)(H2,16,19,21). The lowest BCUT2D eigenvalue weighted by Gasteiger charge is -2.21. The number of nitrogens with one attached hydrogen (secondary N) is 3. The molecular weight excluding hydrogens is 292 g/mol. The summed E-state index contributed by atoms with van der Waals surface area (Å²) in [6, 6.07) is 6.84. The van der Waals surface area contributed by atoms with Crippen LogP contribution < -0.4 is 16.1 Å². The minimum Gasteiger partial charge on any atom is -0.328 e. The van der Waals surface area contributed by atoms with Gasteiger partial charge in [-0.05, 0) is 25.5 Å². The van der Waals surface area contributed by atoms with Gasteiger partial charge in [0, 0.05) is 23.6 Å². The van der Waals surface area contributed by atoms with Gasteiger partial charge >= 0.3 is 6.03 Å². The monoisotopic (exact) mass is 308 g/mol. The van der Waals surface area contributed by atoms with E-state index in [4.69, 9.17) is 11.6 Å². The third-order valence-corrected chi connectivity index (χ3v) is 3.30. The molecule has 2 rings (SSSR count). The van der Waals surface area contributed by atoms with E-state index >= 15 is 0 Å². The minimum absolute atomic E-state index is 0.0549. The van der Waals surface area contributed by atoms with Crippen LogP contribution in [0.5, 0.6) is 0 Å². The Hall–Kier alpha value is -2.08. The van der Waals surface area contributed by atoms with Gasteiger partial charge in [-0.3, -0.25) is 4.79 Å².